The van der Waals surface area contributed by atoms with Crippen LogP contribution in [0, 0.1) is 0 Å². The van der Waals surface area contributed by atoms with Crippen LogP contribution in [0.1, 0.15) is 11.1 Å². The Morgan fingerprint density at radius 2 is 2.16 bits per heavy atom. The summed E-state index contributed by atoms with van der Waals surface area (Å²) in [5, 5.41) is 17.3. The second kappa shape index (κ2) is 5.04. The summed E-state index contributed by atoms with van der Waals surface area (Å²) in [7, 11) is 0. The number of aromatic nitrogens is 3. The van der Waals surface area contributed by atoms with Gasteiger partial charge in [0.15, 0.2) is 0 Å². The van der Waals surface area contributed by atoms with Gasteiger partial charge in [0.05, 0.1) is 18.3 Å². The van der Waals surface area contributed by atoms with Gasteiger partial charge in [-0.05, 0) is 23.3 Å². The highest BCUT2D eigenvalue weighted by Crippen LogP contribution is 2.25. The Morgan fingerprint density at radius 1 is 1.21 bits per heavy atom. The van der Waals surface area contributed by atoms with E-state index in [1.165, 1.54) is 0 Å². The normalized spacial score (nSPS) is 11.9. The molecule has 3 rings (SSSR count). The molecule has 2 heterocycles. The number of fused-ring (bicyclic) bond motifs is 1. The van der Waals surface area contributed by atoms with Gasteiger partial charge in [0.25, 0.3) is 0 Å². The molecular formula is C15H13N3O. The van der Waals surface area contributed by atoms with Crippen LogP contribution in [0.2, 0.25) is 0 Å². The number of pyridine rings is 1. The van der Waals surface area contributed by atoms with Gasteiger partial charge in [-0.2, -0.15) is 5.10 Å². The van der Waals surface area contributed by atoms with Crippen molar-refractivity contribution in [1.29, 1.82) is 0 Å². The molecule has 0 fully saturated rings. The molecule has 0 aliphatic rings. The maximum Gasteiger partial charge on any atom is 0.0656 e. The molecule has 94 valence electrons. The van der Waals surface area contributed by atoms with Crippen molar-refractivity contribution in [2.45, 2.75) is 0 Å². The average Bonchev–Trinajstić information content (AvgIpc) is 2.93. The van der Waals surface area contributed by atoms with E-state index in [-0.39, 0.29) is 6.61 Å². The van der Waals surface area contributed by atoms with Crippen LogP contribution in [0.4, 0.5) is 0 Å². The molecule has 0 atom stereocenters. The van der Waals surface area contributed by atoms with Crippen LogP contribution < -0.4 is 0 Å². The Labute approximate surface area is 110 Å². The topological polar surface area (TPSA) is 61.8 Å². The van der Waals surface area contributed by atoms with Gasteiger partial charge in [0.1, 0.15) is 0 Å². The first-order chi connectivity index (χ1) is 9.38. The summed E-state index contributed by atoms with van der Waals surface area (Å²) in [5.41, 5.74) is 3.95. The molecule has 0 aliphatic carbocycles. The SMILES string of the molecule is OC/C=C(\c1cccnc1)c1ccc2cn[nH]c2c1. The summed E-state index contributed by atoms with van der Waals surface area (Å²) in [6, 6.07) is 9.92. The van der Waals surface area contributed by atoms with E-state index in [1.807, 2.05) is 30.3 Å². The lowest BCUT2D eigenvalue weighted by molar-refractivity contribution is 0.343. The summed E-state index contributed by atoms with van der Waals surface area (Å²) in [6.45, 7) is -0.00869. The van der Waals surface area contributed by atoms with Crippen LogP contribution in [0.25, 0.3) is 16.5 Å². The number of nitrogens with zero attached hydrogens (tertiary/aromatic N) is 2. The molecule has 2 N–H and O–H groups in total. The van der Waals surface area contributed by atoms with E-state index in [2.05, 4.69) is 15.2 Å². The molecule has 19 heavy (non-hydrogen) atoms. The van der Waals surface area contributed by atoms with Crippen molar-refractivity contribution in [2.24, 2.45) is 0 Å². The predicted molar refractivity (Wildman–Crippen MR) is 74.5 cm³/mol. The van der Waals surface area contributed by atoms with Gasteiger partial charge >= 0.3 is 0 Å². The number of aliphatic hydroxyl groups is 1. The maximum absolute atomic E-state index is 9.22. The van der Waals surface area contributed by atoms with Gasteiger partial charge in [-0.25, -0.2) is 0 Å². The molecule has 3 aromatic rings. The molecule has 0 spiro atoms. The molecule has 0 unspecified atom stereocenters. The molecular weight excluding hydrogens is 238 g/mol. The summed E-state index contributed by atoms with van der Waals surface area (Å²) < 4.78 is 0. The third-order valence-electron chi connectivity index (χ3n) is 3.02. The lowest BCUT2D eigenvalue weighted by Gasteiger charge is -2.07. The van der Waals surface area contributed by atoms with E-state index in [9.17, 15) is 5.11 Å². The van der Waals surface area contributed by atoms with Crippen LogP contribution in [-0.4, -0.2) is 26.9 Å². The van der Waals surface area contributed by atoms with Crippen LogP contribution in [0.15, 0.2) is 55.0 Å². The number of nitrogens with one attached hydrogen (secondary N) is 1. The summed E-state index contributed by atoms with van der Waals surface area (Å²) in [6.07, 6.45) is 7.10. The fourth-order valence-corrected chi connectivity index (χ4v) is 2.12. The number of benzene rings is 1. The first kappa shape index (κ1) is 11.6. The molecule has 4 heteroatoms. The molecule has 1 aromatic carbocycles. The Bertz CT molecular complexity index is 716. The Balaban J connectivity index is 2.12. The lowest BCUT2D eigenvalue weighted by Crippen LogP contribution is -1.91. The molecule has 0 amide bonds. The monoisotopic (exact) mass is 251 g/mol. The second-order valence-corrected chi connectivity index (χ2v) is 4.21. The first-order valence-electron chi connectivity index (χ1n) is 6.03. The van der Waals surface area contributed by atoms with Crippen LogP contribution in [0.5, 0.6) is 0 Å². The summed E-state index contributed by atoms with van der Waals surface area (Å²) in [5.74, 6) is 0. The number of hydrogen-bond acceptors (Lipinski definition) is 3. The lowest BCUT2D eigenvalue weighted by atomic mass is 9.98. The smallest absolute Gasteiger partial charge is 0.0656 e. The van der Waals surface area contributed by atoms with Crippen LogP contribution >= 0.6 is 0 Å². The minimum atomic E-state index is -0.00869. The molecule has 0 saturated carbocycles. The Kier molecular flexibility index (Phi) is 3.08. The molecule has 0 aliphatic heterocycles. The third-order valence-corrected chi connectivity index (χ3v) is 3.02. The fraction of sp³-hybridized carbons (Fsp3) is 0.0667. The largest absolute Gasteiger partial charge is 0.392 e. The molecule has 4 nitrogen and oxygen atoms in total. The third kappa shape index (κ3) is 2.26. The van der Waals surface area contributed by atoms with E-state index in [4.69, 9.17) is 0 Å². The average molecular weight is 251 g/mol. The Hall–Kier alpha value is -2.46. The van der Waals surface area contributed by atoms with Crippen LogP contribution in [0.3, 0.4) is 0 Å². The second-order valence-electron chi connectivity index (χ2n) is 4.21. The zero-order chi connectivity index (χ0) is 13.1. The van der Waals surface area contributed by atoms with Gasteiger partial charge < -0.3 is 5.11 Å². The number of H-pyrrole nitrogens is 1. The highest BCUT2D eigenvalue weighted by Gasteiger charge is 2.06. The van der Waals surface area contributed by atoms with Gasteiger partial charge in [-0.3, -0.25) is 10.1 Å². The molecule has 2 aromatic heterocycles. The zero-order valence-electron chi connectivity index (χ0n) is 10.2. The van der Waals surface area contributed by atoms with Crippen molar-refractivity contribution in [3.05, 3.63) is 66.1 Å². The van der Waals surface area contributed by atoms with Crippen LogP contribution in [-0.2, 0) is 0 Å². The fourth-order valence-electron chi connectivity index (χ4n) is 2.12. The first-order valence-corrected chi connectivity index (χ1v) is 6.03. The van der Waals surface area contributed by atoms with E-state index >= 15 is 0 Å². The minimum Gasteiger partial charge on any atom is -0.392 e. The van der Waals surface area contributed by atoms with Crippen molar-refractivity contribution in [2.75, 3.05) is 6.61 Å². The molecule has 0 saturated heterocycles. The highest BCUT2D eigenvalue weighted by atomic mass is 16.2. The van der Waals surface area contributed by atoms with Gasteiger partial charge in [0.2, 0.25) is 0 Å². The van der Waals surface area contributed by atoms with E-state index in [1.54, 1.807) is 24.7 Å². The summed E-state index contributed by atoms with van der Waals surface area (Å²) >= 11 is 0. The number of aliphatic hydroxyl groups excluding tert-OH is 1. The van der Waals surface area contributed by atoms with Gasteiger partial charge in [-0.1, -0.05) is 24.3 Å². The standard InChI is InChI=1S/C15H13N3O/c19-7-5-14(12-2-1-6-16-9-12)11-3-4-13-10-17-18-15(13)8-11/h1-6,8-10,19H,7H2,(H,17,18)/b14-5-. The van der Waals surface area contributed by atoms with Gasteiger partial charge in [-0.15, -0.1) is 0 Å². The molecule has 0 radical (unpaired) electrons. The Morgan fingerprint density at radius 3 is 2.95 bits per heavy atom. The minimum absolute atomic E-state index is 0.00869. The van der Waals surface area contributed by atoms with Crippen molar-refractivity contribution in [3.8, 4) is 0 Å². The number of aromatic amines is 1. The maximum atomic E-state index is 9.22. The van der Waals surface area contributed by atoms with Crippen molar-refractivity contribution in [3.63, 3.8) is 0 Å². The zero-order valence-corrected chi connectivity index (χ0v) is 10.2. The van der Waals surface area contributed by atoms with Crippen molar-refractivity contribution < 1.29 is 5.11 Å². The number of rotatable bonds is 3. The molecule has 0 bridgehead atoms. The van der Waals surface area contributed by atoms with E-state index in [0.29, 0.717) is 0 Å². The van der Waals surface area contributed by atoms with E-state index < -0.39 is 0 Å². The quantitative estimate of drug-likeness (QED) is 0.751. The summed E-state index contributed by atoms with van der Waals surface area (Å²) in [4.78, 5) is 4.12. The highest BCUT2D eigenvalue weighted by molar-refractivity contribution is 5.87. The van der Waals surface area contributed by atoms with Gasteiger partial charge in [0, 0.05) is 23.3 Å². The number of hydrogen-bond donors (Lipinski definition) is 2. The van der Waals surface area contributed by atoms with Crippen molar-refractivity contribution >= 4 is 16.5 Å². The van der Waals surface area contributed by atoms with E-state index in [0.717, 1.165) is 27.6 Å². The van der Waals surface area contributed by atoms with Crippen molar-refractivity contribution in [1.82, 2.24) is 15.2 Å². The predicted octanol–water partition coefficient (Wildman–Crippen LogP) is 2.38.